The summed E-state index contributed by atoms with van der Waals surface area (Å²) in [5.41, 5.74) is 7.53. The normalized spacial score (nSPS) is 12.8. The van der Waals surface area contributed by atoms with Gasteiger partial charge in [-0.3, -0.25) is 14.8 Å². The molecule has 1 aliphatic carbocycles. The third kappa shape index (κ3) is 3.85. The van der Waals surface area contributed by atoms with Crippen LogP contribution in [0.1, 0.15) is 44.2 Å². The predicted molar refractivity (Wildman–Crippen MR) is 126 cm³/mol. The van der Waals surface area contributed by atoms with Gasteiger partial charge in [0.15, 0.2) is 5.78 Å². The summed E-state index contributed by atoms with van der Waals surface area (Å²) in [6.07, 6.45) is 6.71. The van der Waals surface area contributed by atoms with E-state index in [1.165, 1.54) is 16.9 Å². The maximum atomic E-state index is 13.5. The van der Waals surface area contributed by atoms with E-state index in [0.717, 1.165) is 34.5 Å². The van der Waals surface area contributed by atoms with E-state index in [1.807, 2.05) is 43.3 Å². The molecule has 5 rings (SSSR count). The summed E-state index contributed by atoms with van der Waals surface area (Å²) < 4.78 is 5.98. The zero-order valence-electron chi connectivity index (χ0n) is 17.6. The van der Waals surface area contributed by atoms with Gasteiger partial charge in [0.05, 0.1) is 40.2 Å². The highest BCUT2D eigenvalue weighted by atomic mass is 32.1. The highest BCUT2D eigenvalue weighted by molar-refractivity contribution is 7.11. The molecule has 0 spiro atoms. The van der Waals surface area contributed by atoms with Gasteiger partial charge in [-0.25, -0.2) is 4.98 Å². The highest BCUT2D eigenvalue weighted by Gasteiger charge is 2.34. The number of Topliss-reactive ketones (excluding diaryl/α,β-unsaturated/α-hetero) is 1. The molecule has 1 aliphatic rings. The molecule has 0 saturated heterocycles. The lowest BCUT2D eigenvalue weighted by molar-refractivity contribution is 0.105. The molecule has 0 atom stereocenters. The monoisotopic (exact) mass is 439 g/mol. The van der Waals surface area contributed by atoms with Crippen molar-refractivity contribution < 1.29 is 9.53 Å². The van der Waals surface area contributed by atoms with Crippen LogP contribution in [0.2, 0.25) is 0 Å². The number of ether oxygens (including phenoxy) is 1. The van der Waals surface area contributed by atoms with Crippen LogP contribution < -0.4 is 4.74 Å². The van der Waals surface area contributed by atoms with Crippen LogP contribution in [-0.2, 0) is 6.42 Å². The van der Waals surface area contributed by atoms with E-state index in [2.05, 4.69) is 27.1 Å². The van der Waals surface area contributed by atoms with Gasteiger partial charge >= 0.3 is 0 Å². The van der Waals surface area contributed by atoms with E-state index in [-0.39, 0.29) is 5.78 Å². The maximum Gasteiger partial charge on any atom is 0.196 e. The average Bonchev–Trinajstić information content (AvgIpc) is 3.38. The molecule has 2 heterocycles. The number of fused-ring (bicyclic) bond motifs is 1. The summed E-state index contributed by atoms with van der Waals surface area (Å²) in [7, 11) is 0. The van der Waals surface area contributed by atoms with Crippen LogP contribution in [0.5, 0.6) is 5.75 Å². The number of carbonyl (C=O) groups excluding carboxylic acids is 1. The number of thiazole rings is 1. The minimum absolute atomic E-state index is 0.0574. The molecule has 158 valence electrons. The van der Waals surface area contributed by atoms with E-state index in [1.54, 1.807) is 24.1 Å². The molecule has 0 N–H and O–H groups in total. The summed E-state index contributed by atoms with van der Waals surface area (Å²) in [4.78, 5) is 27.4. The molecular formula is C26H21N3O2S. The van der Waals surface area contributed by atoms with Crippen molar-refractivity contribution in [1.29, 1.82) is 0 Å². The van der Waals surface area contributed by atoms with Crippen molar-refractivity contribution in [3.05, 3.63) is 106 Å². The number of nitrogens with zero attached hydrogens (tertiary/aromatic N) is 3. The molecule has 0 fully saturated rings. The lowest BCUT2D eigenvalue weighted by Crippen LogP contribution is -2.03. The van der Waals surface area contributed by atoms with Crippen molar-refractivity contribution in [2.75, 3.05) is 6.61 Å². The Morgan fingerprint density at radius 2 is 1.84 bits per heavy atom. The molecule has 0 bridgehead atoms. The van der Waals surface area contributed by atoms with Crippen molar-refractivity contribution in [3.8, 4) is 5.75 Å². The molecule has 4 aromatic rings. The Hall–Kier alpha value is -3.64. The van der Waals surface area contributed by atoms with Gasteiger partial charge in [0.25, 0.3) is 0 Å². The van der Waals surface area contributed by atoms with E-state index in [9.17, 15) is 4.79 Å². The molecule has 0 saturated carbocycles. The molecule has 0 unspecified atom stereocenters. The van der Waals surface area contributed by atoms with E-state index >= 15 is 0 Å². The van der Waals surface area contributed by atoms with Crippen LogP contribution in [0.3, 0.4) is 0 Å². The second-order valence-electron chi connectivity index (χ2n) is 7.58. The fourth-order valence-electron chi connectivity index (χ4n) is 3.96. The first kappa shape index (κ1) is 20.3. The lowest BCUT2D eigenvalue weighted by atomic mass is 10.0. The molecule has 0 aliphatic heterocycles. The van der Waals surface area contributed by atoms with E-state index in [4.69, 9.17) is 4.74 Å². The third-order valence-corrected chi connectivity index (χ3v) is 6.44. The van der Waals surface area contributed by atoms with Crippen LogP contribution in [0, 0.1) is 6.92 Å². The van der Waals surface area contributed by atoms with E-state index < -0.39 is 0 Å². The van der Waals surface area contributed by atoms with E-state index in [0.29, 0.717) is 29.2 Å². The first-order valence-corrected chi connectivity index (χ1v) is 11.4. The topological polar surface area (TPSA) is 65.0 Å². The van der Waals surface area contributed by atoms with Gasteiger partial charge in [0, 0.05) is 23.5 Å². The second-order valence-corrected chi connectivity index (χ2v) is 8.44. The SMILES string of the molecule is Cc1ncsc1C1=C(c2cnccn2)C(=O)c2cc(OCCCc3ccccc3)ccc21. The van der Waals surface area contributed by atoms with Crippen LogP contribution in [0.25, 0.3) is 11.1 Å². The third-order valence-electron chi connectivity index (χ3n) is 5.50. The summed E-state index contributed by atoms with van der Waals surface area (Å²) in [6, 6.07) is 16.1. The van der Waals surface area contributed by atoms with Crippen molar-refractivity contribution >= 4 is 28.3 Å². The molecular weight excluding hydrogens is 418 g/mol. The highest BCUT2D eigenvalue weighted by Crippen LogP contribution is 2.44. The molecule has 5 nitrogen and oxygen atoms in total. The lowest BCUT2D eigenvalue weighted by Gasteiger charge is -2.09. The number of carbonyl (C=O) groups is 1. The number of ketones is 1. The zero-order chi connectivity index (χ0) is 21.9. The quantitative estimate of drug-likeness (QED) is 0.360. The van der Waals surface area contributed by atoms with Crippen molar-refractivity contribution in [1.82, 2.24) is 15.0 Å². The number of benzene rings is 2. The summed E-state index contributed by atoms with van der Waals surface area (Å²) >= 11 is 1.53. The van der Waals surface area contributed by atoms with Crippen molar-refractivity contribution in [2.24, 2.45) is 0 Å². The van der Waals surface area contributed by atoms with Gasteiger partial charge in [-0.05, 0) is 49.1 Å². The van der Waals surface area contributed by atoms with Gasteiger partial charge in [-0.15, -0.1) is 11.3 Å². The Morgan fingerprint density at radius 1 is 0.969 bits per heavy atom. The number of aromatic nitrogens is 3. The minimum atomic E-state index is -0.0574. The fourth-order valence-corrected chi connectivity index (χ4v) is 4.83. The number of aryl methyl sites for hydroxylation is 2. The van der Waals surface area contributed by atoms with Crippen molar-refractivity contribution in [3.63, 3.8) is 0 Å². The number of hydrogen-bond donors (Lipinski definition) is 0. The Balaban J connectivity index is 1.42. The molecule has 2 aromatic carbocycles. The number of allylic oxidation sites excluding steroid dienone is 1. The van der Waals surface area contributed by atoms with Crippen molar-refractivity contribution in [2.45, 2.75) is 19.8 Å². The fraction of sp³-hybridized carbons (Fsp3) is 0.154. The summed E-state index contributed by atoms with van der Waals surface area (Å²) in [6.45, 7) is 2.55. The Labute approximate surface area is 190 Å². The minimum Gasteiger partial charge on any atom is -0.494 e. The first-order chi connectivity index (χ1) is 15.7. The molecule has 32 heavy (non-hydrogen) atoms. The molecule has 2 aromatic heterocycles. The van der Waals surface area contributed by atoms with Crippen LogP contribution in [0.4, 0.5) is 0 Å². The maximum absolute atomic E-state index is 13.5. The summed E-state index contributed by atoms with van der Waals surface area (Å²) in [5.74, 6) is 0.643. The van der Waals surface area contributed by atoms with Crippen LogP contribution in [-0.4, -0.2) is 27.3 Å². The number of rotatable bonds is 7. The number of hydrogen-bond acceptors (Lipinski definition) is 6. The zero-order valence-corrected chi connectivity index (χ0v) is 18.4. The Bertz CT molecular complexity index is 1300. The molecule has 6 heteroatoms. The van der Waals surface area contributed by atoms with Gasteiger partial charge in [-0.1, -0.05) is 30.3 Å². The standard InChI is InChI=1S/C26H21N3O2S/c1-17-26(32-16-29-17)23-20-10-9-19(31-13-5-8-18-6-3-2-4-7-18)14-21(20)25(30)24(23)22-15-27-11-12-28-22/h2-4,6-7,9-12,14-16H,5,8,13H2,1H3. The summed E-state index contributed by atoms with van der Waals surface area (Å²) in [5, 5.41) is 0. The average molecular weight is 440 g/mol. The van der Waals surface area contributed by atoms with Crippen LogP contribution in [0.15, 0.2) is 72.6 Å². The smallest absolute Gasteiger partial charge is 0.196 e. The van der Waals surface area contributed by atoms with Gasteiger partial charge in [0.2, 0.25) is 0 Å². The van der Waals surface area contributed by atoms with Gasteiger partial charge < -0.3 is 4.74 Å². The second kappa shape index (κ2) is 8.85. The van der Waals surface area contributed by atoms with Gasteiger partial charge in [-0.2, -0.15) is 0 Å². The van der Waals surface area contributed by atoms with Crippen LogP contribution >= 0.6 is 11.3 Å². The largest absolute Gasteiger partial charge is 0.494 e. The first-order valence-electron chi connectivity index (χ1n) is 10.5. The Kier molecular flexibility index (Phi) is 5.60. The molecule has 0 amide bonds. The molecule has 0 radical (unpaired) electrons. The van der Waals surface area contributed by atoms with Gasteiger partial charge in [0.1, 0.15) is 5.75 Å². The Morgan fingerprint density at radius 3 is 2.59 bits per heavy atom. The predicted octanol–water partition coefficient (Wildman–Crippen LogP) is 5.41.